The molecule has 0 amide bonds. The van der Waals surface area contributed by atoms with Crippen molar-refractivity contribution in [1.82, 2.24) is 10.2 Å². The molecule has 60 valence electrons. The van der Waals surface area contributed by atoms with E-state index in [1.54, 1.807) is 0 Å². The lowest BCUT2D eigenvalue weighted by Crippen LogP contribution is -2.66. The van der Waals surface area contributed by atoms with E-state index in [1.807, 2.05) is 0 Å². The molecule has 1 aliphatic heterocycles. The Morgan fingerprint density at radius 3 is 2.40 bits per heavy atom. The van der Waals surface area contributed by atoms with E-state index in [0.717, 1.165) is 0 Å². The van der Waals surface area contributed by atoms with Crippen molar-refractivity contribution in [2.24, 2.45) is 0 Å². The molecule has 1 aliphatic rings. The number of likely N-dealkylation sites (tertiary alicyclic amines) is 1. The summed E-state index contributed by atoms with van der Waals surface area (Å²) in [5.41, 5.74) is 0.462. The van der Waals surface area contributed by atoms with Gasteiger partial charge in [-0.25, -0.2) is 0 Å². The molecule has 0 aromatic carbocycles. The first kappa shape index (κ1) is 8.02. The van der Waals surface area contributed by atoms with Crippen molar-refractivity contribution in [3.8, 4) is 0 Å². The maximum atomic E-state index is 3.40. The standard InChI is InChI=1S/C8H18N2/c1-4-5-8(9-2)6-10(3)7-8/h9H,4-7H2,1-3H3. The molecule has 0 aromatic rings. The summed E-state index contributed by atoms with van der Waals surface area (Å²) < 4.78 is 0. The van der Waals surface area contributed by atoms with Gasteiger partial charge in [-0.05, 0) is 20.5 Å². The number of nitrogens with zero attached hydrogens (tertiary/aromatic N) is 1. The highest BCUT2D eigenvalue weighted by Crippen LogP contribution is 2.23. The monoisotopic (exact) mass is 142 g/mol. The van der Waals surface area contributed by atoms with Crippen LogP contribution in [-0.2, 0) is 0 Å². The predicted octanol–water partition coefficient (Wildman–Crippen LogP) is 0.690. The molecular weight excluding hydrogens is 124 g/mol. The van der Waals surface area contributed by atoms with Crippen LogP contribution in [0, 0.1) is 0 Å². The lowest BCUT2D eigenvalue weighted by atomic mass is 9.86. The largest absolute Gasteiger partial charge is 0.312 e. The highest BCUT2D eigenvalue weighted by atomic mass is 15.3. The smallest absolute Gasteiger partial charge is 0.0434 e. The van der Waals surface area contributed by atoms with E-state index in [-0.39, 0.29) is 0 Å². The van der Waals surface area contributed by atoms with Crippen molar-refractivity contribution in [2.75, 3.05) is 27.2 Å². The lowest BCUT2D eigenvalue weighted by molar-refractivity contribution is 0.0642. The summed E-state index contributed by atoms with van der Waals surface area (Å²) in [5.74, 6) is 0. The Morgan fingerprint density at radius 2 is 2.10 bits per heavy atom. The van der Waals surface area contributed by atoms with Crippen LogP contribution in [0.1, 0.15) is 19.8 Å². The molecule has 0 aliphatic carbocycles. The van der Waals surface area contributed by atoms with E-state index < -0.39 is 0 Å². The van der Waals surface area contributed by atoms with Crippen LogP contribution < -0.4 is 5.32 Å². The Hall–Kier alpha value is -0.0800. The molecule has 0 saturated carbocycles. The molecule has 1 heterocycles. The van der Waals surface area contributed by atoms with Gasteiger partial charge in [0.1, 0.15) is 0 Å². The summed E-state index contributed by atoms with van der Waals surface area (Å²) >= 11 is 0. The van der Waals surface area contributed by atoms with Gasteiger partial charge >= 0.3 is 0 Å². The minimum Gasteiger partial charge on any atom is -0.312 e. The van der Waals surface area contributed by atoms with Gasteiger partial charge in [0.15, 0.2) is 0 Å². The zero-order valence-corrected chi connectivity index (χ0v) is 7.28. The number of likely N-dealkylation sites (N-methyl/N-ethyl adjacent to an activating group) is 2. The second kappa shape index (κ2) is 2.89. The van der Waals surface area contributed by atoms with Gasteiger partial charge < -0.3 is 10.2 Å². The van der Waals surface area contributed by atoms with Crippen molar-refractivity contribution in [2.45, 2.75) is 25.3 Å². The van der Waals surface area contributed by atoms with Gasteiger partial charge in [0.2, 0.25) is 0 Å². The fourth-order valence-electron chi connectivity index (χ4n) is 1.91. The molecule has 0 spiro atoms. The van der Waals surface area contributed by atoms with Crippen LogP contribution in [0.2, 0.25) is 0 Å². The number of hydrogen-bond acceptors (Lipinski definition) is 2. The zero-order valence-electron chi connectivity index (χ0n) is 7.28. The summed E-state index contributed by atoms with van der Waals surface area (Å²) in [5, 5.41) is 3.40. The first-order valence-electron chi connectivity index (χ1n) is 4.10. The van der Waals surface area contributed by atoms with Gasteiger partial charge in [-0.3, -0.25) is 0 Å². The van der Waals surface area contributed by atoms with Crippen LogP contribution in [0.3, 0.4) is 0 Å². The molecule has 0 bridgehead atoms. The average molecular weight is 142 g/mol. The molecule has 1 N–H and O–H groups in total. The molecule has 1 fully saturated rings. The van der Waals surface area contributed by atoms with E-state index in [4.69, 9.17) is 0 Å². The second-order valence-corrected chi connectivity index (χ2v) is 3.45. The van der Waals surface area contributed by atoms with Crippen LogP contribution in [0.15, 0.2) is 0 Å². The summed E-state index contributed by atoms with van der Waals surface area (Å²) in [6, 6.07) is 0. The van der Waals surface area contributed by atoms with Gasteiger partial charge in [-0.2, -0.15) is 0 Å². The minimum absolute atomic E-state index is 0.462. The Morgan fingerprint density at radius 1 is 1.50 bits per heavy atom. The SMILES string of the molecule is CCCC1(NC)CN(C)C1. The lowest BCUT2D eigenvalue weighted by Gasteiger charge is -2.48. The van der Waals surface area contributed by atoms with Gasteiger partial charge in [0, 0.05) is 18.6 Å². The van der Waals surface area contributed by atoms with E-state index in [9.17, 15) is 0 Å². The van der Waals surface area contributed by atoms with E-state index in [1.165, 1.54) is 25.9 Å². The number of nitrogens with one attached hydrogen (secondary N) is 1. The molecule has 0 unspecified atom stereocenters. The fraction of sp³-hybridized carbons (Fsp3) is 1.00. The van der Waals surface area contributed by atoms with Gasteiger partial charge in [-0.1, -0.05) is 13.3 Å². The van der Waals surface area contributed by atoms with E-state index in [0.29, 0.717) is 5.54 Å². The first-order chi connectivity index (χ1) is 4.72. The highest BCUT2D eigenvalue weighted by Gasteiger charge is 2.38. The molecule has 0 radical (unpaired) electrons. The maximum Gasteiger partial charge on any atom is 0.0434 e. The van der Waals surface area contributed by atoms with Gasteiger partial charge in [0.05, 0.1) is 0 Å². The quantitative estimate of drug-likeness (QED) is 0.623. The molecule has 0 aromatic heterocycles. The van der Waals surface area contributed by atoms with Crippen LogP contribution in [0.4, 0.5) is 0 Å². The van der Waals surface area contributed by atoms with Gasteiger partial charge in [0.25, 0.3) is 0 Å². The van der Waals surface area contributed by atoms with Crippen molar-refractivity contribution in [3.05, 3.63) is 0 Å². The third-order valence-corrected chi connectivity index (χ3v) is 2.40. The molecule has 1 saturated heterocycles. The van der Waals surface area contributed by atoms with E-state index in [2.05, 4.69) is 31.2 Å². The summed E-state index contributed by atoms with van der Waals surface area (Å²) in [6.07, 6.45) is 2.60. The van der Waals surface area contributed by atoms with E-state index >= 15 is 0 Å². The van der Waals surface area contributed by atoms with Crippen LogP contribution in [0.25, 0.3) is 0 Å². The van der Waals surface area contributed by atoms with Crippen molar-refractivity contribution in [3.63, 3.8) is 0 Å². The van der Waals surface area contributed by atoms with Crippen LogP contribution in [-0.4, -0.2) is 37.6 Å². The normalized spacial score (nSPS) is 24.3. The Kier molecular flexibility index (Phi) is 2.32. The molecule has 2 heteroatoms. The topological polar surface area (TPSA) is 15.3 Å². The summed E-state index contributed by atoms with van der Waals surface area (Å²) in [6.45, 7) is 4.69. The Balaban J connectivity index is 2.32. The molecule has 0 atom stereocenters. The maximum absolute atomic E-state index is 3.40. The fourth-order valence-corrected chi connectivity index (χ4v) is 1.91. The second-order valence-electron chi connectivity index (χ2n) is 3.45. The molecular formula is C8H18N2. The van der Waals surface area contributed by atoms with Crippen LogP contribution >= 0.6 is 0 Å². The number of rotatable bonds is 3. The minimum atomic E-state index is 0.462. The first-order valence-corrected chi connectivity index (χ1v) is 4.10. The average Bonchev–Trinajstić information content (AvgIpc) is 1.84. The molecule has 10 heavy (non-hydrogen) atoms. The molecule has 1 rings (SSSR count). The van der Waals surface area contributed by atoms with Crippen molar-refractivity contribution < 1.29 is 0 Å². The molecule has 2 nitrogen and oxygen atoms in total. The third kappa shape index (κ3) is 1.32. The zero-order chi connectivity index (χ0) is 7.61. The third-order valence-electron chi connectivity index (χ3n) is 2.40. The summed E-state index contributed by atoms with van der Waals surface area (Å²) in [4.78, 5) is 2.35. The summed E-state index contributed by atoms with van der Waals surface area (Å²) in [7, 11) is 4.24. The Labute approximate surface area is 63.6 Å². The van der Waals surface area contributed by atoms with Crippen molar-refractivity contribution in [1.29, 1.82) is 0 Å². The van der Waals surface area contributed by atoms with Crippen LogP contribution in [0.5, 0.6) is 0 Å². The van der Waals surface area contributed by atoms with Crippen molar-refractivity contribution >= 4 is 0 Å². The predicted molar refractivity (Wildman–Crippen MR) is 44.2 cm³/mol. The Bertz CT molecular complexity index is 100. The van der Waals surface area contributed by atoms with Gasteiger partial charge in [-0.15, -0.1) is 0 Å². The number of hydrogen-bond donors (Lipinski definition) is 1. The highest BCUT2D eigenvalue weighted by molar-refractivity contribution is 4.99.